The Kier molecular flexibility index (Phi) is 3.71. The van der Waals surface area contributed by atoms with Crippen molar-refractivity contribution in [3.63, 3.8) is 0 Å². The van der Waals surface area contributed by atoms with E-state index in [1.165, 1.54) is 6.42 Å². The van der Waals surface area contributed by atoms with E-state index in [1.807, 2.05) is 0 Å². The highest BCUT2D eigenvalue weighted by Crippen LogP contribution is 2.46. The van der Waals surface area contributed by atoms with Gasteiger partial charge in [0.05, 0.1) is 6.07 Å². The second-order valence-electron chi connectivity index (χ2n) is 7.29. The van der Waals surface area contributed by atoms with E-state index in [9.17, 15) is 5.26 Å². The second kappa shape index (κ2) is 4.83. The van der Waals surface area contributed by atoms with Crippen LogP contribution in [0.3, 0.4) is 0 Å². The van der Waals surface area contributed by atoms with Gasteiger partial charge in [-0.2, -0.15) is 5.26 Å². The summed E-state index contributed by atoms with van der Waals surface area (Å²) < 4.78 is 0. The van der Waals surface area contributed by atoms with Crippen LogP contribution in [0, 0.1) is 22.7 Å². The number of likely N-dealkylation sites (N-methyl/N-ethyl adjacent to an activating group) is 1. The fourth-order valence-corrected chi connectivity index (χ4v) is 4.16. The first kappa shape index (κ1) is 13.8. The minimum atomic E-state index is -0.206. The average molecular weight is 249 g/mol. The molecule has 0 bridgehead atoms. The molecule has 1 saturated carbocycles. The van der Waals surface area contributed by atoms with Crippen LogP contribution in [0.2, 0.25) is 0 Å². The van der Waals surface area contributed by atoms with Crippen molar-refractivity contribution in [3.8, 4) is 6.07 Å². The molecule has 0 aromatic heterocycles. The molecule has 3 nitrogen and oxygen atoms in total. The molecule has 0 radical (unpaired) electrons. The van der Waals surface area contributed by atoms with Gasteiger partial charge in [0.1, 0.15) is 5.54 Å². The van der Waals surface area contributed by atoms with Crippen molar-refractivity contribution in [2.45, 2.75) is 45.6 Å². The van der Waals surface area contributed by atoms with Gasteiger partial charge in [-0.25, -0.2) is 0 Å². The lowest BCUT2D eigenvalue weighted by Gasteiger charge is -2.51. The zero-order valence-corrected chi connectivity index (χ0v) is 12.4. The van der Waals surface area contributed by atoms with E-state index in [2.05, 4.69) is 43.7 Å². The Bertz CT molecular complexity index is 336. The van der Waals surface area contributed by atoms with E-state index in [-0.39, 0.29) is 5.54 Å². The third-order valence-corrected chi connectivity index (χ3v) is 4.67. The van der Waals surface area contributed by atoms with E-state index in [0.29, 0.717) is 11.3 Å². The number of hydrogen-bond acceptors (Lipinski definition) is 3. The van der Waals surface area contributed by atoms with Crippen LogP contribution in [-0.2, 0) is 0 Å². The molecule has 0 N–H and O–H groups in total. The third kappa shape index (κ3) is 2.70. The Morgan fingerprint density at radius 1 is 1.11 bits per heavy atom. The van der Waals surface area contributed by atoms with E-state index in [0.717, 1.165) is 39.0 Å². The molecule has 2 rings (SSSR count). The number of nitriles is 1. The lowest BCUT2D eigenvalue weighted by molar-refractivity contribution is -0.00353. The Balaban J connectivity index is 2.17. The summed E-state index contributed by atoms with van der Waals surface area (Å²) in [5.41, 5.74) is 0.0964. The lowest BCUT2D eigenvalue weighted by Crippen LogP contribution is -2.59. The number of rotatable bonds is 1. The molecule has 2 unspecified atom stereocenters. The van der Waals surface area contributed by atoms with Crippen LogP contribution in [-0.4, -0.2) is 48.6 Å². The number of nitrogens with zero attached hydrogens (tertiary/aromatic N) is 3. The summed E-state index contributed by atoms with van der Waals surface area (Å²) in [6.07, 6.45) is 3.34. The van der Waals surface area contributed by atoms with E-state index < -0.39 is 0 Å². The lowest BCUT2D eigenvalue weighted by atomic mass is 9.64. The molecular formula is C15H27N3. The molecule has 0 aromatic rings. The highest BCUT2D eigenvalue weighted by atomic mass is 15.3. The third-order valence-electron chi connectivity index (χ3n) is 4.67. The van der Waals surface area contributed by atoms with Crippen molar-refractivity contribution in [3.05, 3.63) is 0 Å². The summed E-state index contributed by atoms with van der Waals surface area (Å²) in [6, 6.07) is 2.70. The van der Waals surface area contributed by atoms with Gasteiger partial charge >= 0.3 is 0 Å². The molecule has 0 spiro atoms. The van der Waals surface area contributed by atoms with Crippen LogP contribution in [0.15, 0.2) is 0 Å². The smallest absolute Gasteiger partial charge is 0.110 e. The highest BCUT2D eigenvalue weighted by molar-refractivity contribution is 5.14. The molecule has 2 atom stereocenters. The average Bonchev–Trinajstić information content (AvgIpc) is 2.27. The molecule has 1 aliphatic heterocycles. The molecule has 1 aliphatic carbocycles. The maximum absolute atomic E-state index is 9.80. The SMILES string of the molecule is CC1CC(C)(C)CC(C#N)(N2CCN(C)CC2)C1. The van der Waals surface area contributed by atoms with Gasteiger partial charge in [-0.15, -0.1) is 0 Å². The minimum absolute atomic E-state index is 0.206. The van der Waals surface area contributed by atoms with Crippen molar-refractivity contribution in [1.29, 1.82) is 5.26 Å². The van der Waals surface area contributed by atoms with Gasteiger partial charge < -0.3 is 4.90 Å². The molecule has 2 aliphatic rings. The van der Waals surface area contributed by atoms with E-state index in [1.54, 1.807) is 0 Å². The van der Waals surface area contributed by atoms with Gasteiger partial charge in [-0.1, -0.05) is 20.8 Å². The van der Waals surface area contributed by atoms with Crippen molar-refractivity contribution in [2.75, 3.05) is 33.2 Å². The second-order valence-corrected chi connectivity index (χ2v) is 7.29. The zero-order valence-electron chi connectivity index (χ0n) is 12.4. The summed E-state index contributed by atoms with van der Waals surface area (Å²) in [5.74, 6) is 0.660. The minimum Gasteiger partial charge on any atom is -0.304 e. The first-order valence-corrected chi connectivity index (χ1v) is 7.22. The van der Waals surface area contributed by atoms with Crippen LogP contribution >= 0.6 is 0 Å². The Morgan fingerprint density at radius 2 is 1.72 bits per heavy atom. The largest absolute Gasteiger partial charge is 0.304 e. The van der Waals surface area contributed by atoms with Gasteiger partial charge in [-0.05, 0) is 37.6 Å². The molecule has 18 heavy (non-hydrogen) atoms. The van der Waals surface area contributed by atoms with Crippen molar-refractivity contribution in [2.24, 2.45) is 11.3 Å². The predicted molar refractivity (Wildman–Crippen MR) is 74.2 cm³/mol. The van der Waals surface area contributed by atoms with Gasteiger partial charge in [0, 0.05) is 26.2 Å². The standard InChI is InChI=1S/C15H27N3/c1-13-9-14(2,3)11-15(10-13,12-16)18-7-5-17(4)6-8-18/h13H,5-11H2,1-4H3. The topological polar surface area (TPSA) is 30.3 Å². The summed E-state index contributed by atoms with van der Waals surface area (Å²) >= 11 is 0. The number of hydrogen-bond donors (Lipinski definition) is 0. The summed E-state index contributed by atoms with van der Waals surface area (Å²) in [6.45, 7) is 11.2. The van der Waals surface area contributed by atoms with E-state index in [4.69, 9.17) is 0 Å². The van der Waals surface area contributed by atoms with Crippen molar-refractivity contribution >= 4 is 0 Å². The van der Waals surface area contributed by atoms with Gasteiger partial charge in [0.15, 0.2) is 0 Å². The molecule has 0 aromatic carbocycles. The Labute approximate surface area is 112 Å². The summed E-state index contributed by atoms with van der Waals surface area (Å²) in [7, 11) is 2.17. The fourth-order valence-electron chi connectivity index (χ4n) is 4.16. The summed E-state index contributed by atoms with van der Waals surface area (Å²) in [5, 5.41) is 9.80. The van der Waals surface area contributed by atoms with Crippen LogP contribution in [0.25, 0.3) is 0 Å². The zero-order chi connectivity index (χ0) is 13.4. The predicted octanol–water partition coefficient (Wildman–Crippen LogP) is 2.34. The van der Waals surface area contributed by atoms with Gasteiger partial charge in [0.2, 0.25) is 0 Å². The first-order valence-electron chi connectivity index (χ1n) is 7.22. The monoisotopic (exact) mass is 249 g/mol. The van der Waals surface area contributed by atoms with Gasteiger partial charge in [-0.3, -0.25) is 4.90 Å². The quantitative estimate of drug-likeness (QED) is 0.714. The van der Waals surface area contributed by atoms with Crippen LogP contribution in [0.1, 0.15) is 40.0 Å². The molecule has 1 saturated heterocycles. The maximum Gasteiger partial charge on any atom is 0.110 e. The normalized spacial score (nSPS) is 38.3. The first-order chi connectivity index (χ1) is 8.37. The van der Waals surface area contributed by atoms with E-state index >= 15 is 0 Å². The molecule has 1 heterocycles. The van der Waals surface area contributed by atoms with Gasteiger partial charge in [0.25, 0.3) is 0 Å². The van der Waals surface area contributed by atoms with Crippen molar-refractivity contribution < 1.29 is 0 Å². The molecule has 0 amide bonds. The Hall–Kier alpha value is -0.590. The Morgan fingerprint density at radius 3 is 2.22 bits per heavy atom. The van der Waals surface area contributed by atoms with Crippen molar-refractivity contribution in [1.82, 2.24) is 9.80 Å². The number of piperazine rings is 1. The van der Waals surface area contributed by atoms with Crippen LogP contribution in [0.5, 0.6) is 0 Å². The van der Waals surface area contributed by atoms with Crippen LogP contribution < -0.4 is 0 Å². The maximum atomic E-state index is 9.80. The summed E-state index contributed by atoms with van der Waals surface area (Å²) in [4.78, 5) is 4.82. The molecule has 3 heteroatoms. The highest BCUT2D eigenvalue weighted by Gasteiger charge is 2.47. The van der Waals surface area contributed by atoms with Crippen LogP contribution in [0.4, 0.5) is 0 Å². The molecule has 2 fully saturated rings. The molecule has 102 valence electrons. The fraction of sp³-hybridized carbons (Fsp3) is 0.933. The molecular weight excluding hydrogens is 222 g/mol.